The smallest absolute Gasteiger partial charge is 0.286 e. The summed E-state index contributed by atoms with van der Waals surface area (Å²) < 4.78 is 6.11. The maximum atomic E-state index is 10.1. The largest absolute Gasteiger partial charge is 0.457 e. The summed E-state index contributed by atoms with van der Waals surface area (Å²) in [5, 5.41) is 13.0. The van der Waals surface area contributed by atoms with Gasteiger partial charge in [-0.15, -0.1) is 0 Å². The zero-order chi connectivity index (χ0) is 20.2. The average molecular weight is 402 g/mol. The zero-order valence-electron chi connectivity index (χ0n) is 15.6. The lowest BCUT2D eigenvalue weighted by Gasteiger charge is -2.11. The number of nitrogens with one attached hydrogen (secondary N) is 1. The molecule has 5 nitrogen and oxygen atoms in total. The Bertz CT molecular complexity index is 1140. The third-order valence-corrected chi connectivity index (χ3v) is 5.65. The summed E-state index contributed by atoms with van der Waals surface area (Å²) in [6, 6.07) is 20.2. The molecule has 1 fully saturated rings. The molecule has 5 rings (SSSR count). The van der Waals surface area contributed by atoms with E-state index in [0.29, 0.717) is 11.3 Å². The number of thioether (sulfide) groups is 1. The highest BCUT2D eigenvalue weighted by molar-refractivity contribution is 8.14. The second kappa shape index (κ2) is 8.38. The zero-order valence-corrected chi connectivity index (χ0v) is 16.4. The first kappa shape index (κ1) is 19.0. The molecule has 0 spiro atoms. The van der Waals surface area contributed by atoms with E-state index >= 15 is 0 Å². The average Bonchev–Trinajstić information content (AvgIpc) is 3.36. The van der Waals surface area contributed by atoms with Gasteiger partial charge in [0.05, 0.1) is 17.4 Å². The van der Waals surface area contributed by atoms with Gasteiger partial charge >= 0.3 is 0 Å². The van der Waals surface area contributed by atoms with Gasteiger partial charge in [0.2, 0.25) is 5.91 Å². The molecule has 1 N–H and O–H groups in total. The maximum absolute atomic E-state index is 10.1. The van der Waals surface area contributed by atoms with Crippen molar-refractivity contribution >= 4 is 33.7 Å². The van der Waals surface area contributed by atoms with Crippen molar-refractivity contribution in [3.05, 3.63) is 71.3 Å². The van der Waals surface area contributed by atoms with Crippen molar-refractivity contribution in [3.8, 4) is 17.6 Å². The van der Waals surface area contributed by atoms with E-state index in [2.05, 4.69) is 23.5 Å². The number of imide groups is 1. The first-order valence-corrected chi connectivity index (χ1v) is 10.3. The van der Waals surface area contributed by atoms with Crippen LogP contribution in [0, 0.1) is 11.3 Å². The SMILES string of the molecule is N#Cc1ccc(Oc2ccc3c(c2)CCC3)c2ccccc12.O=C1CSC(=O)N1. The van der Waals surface area contributed by atoms with E-state index in [-0.39, 0.29) is 11.1 Å². The minimum absolute atomic E-state index is 0.185. The first-order chi connectivity index (χ1) is 14.1. The fourth-order valence-electron chi connectivity index (χ4n) is 3.51. The van der Waals surface area contributed by atoms with Gasteiger partial charge in [-0.2, -0.15) is 5.26 Å². The van der Waals surface area contributed by atoms with Crippen LogP contribution < -0.4 is 10.1 Å². The summed E-state index contributed by atoms with van der Waals surface area (Å²) in [4.78, 5) is 20.2. The Morgan fingerprint density at radius 3 is 2.45 bits per heavy atom. The Labute approximate surface area is 172 Å². The lowest BCUT2D eigenvalue weighted by Crippen LogP contribution is -2.18. The number of carbonyl (C=O) groups is 2. The topological polar surface area (TPSA) is 79.2 Å². The second-order valence-electron chi connectivity index (χ2n) is 6.78. The van der Waals surface area contributed by atoms with Crippen LogP contribution in [0.4, 0.5) is 4.79 Å². The van der Waals surface area contributed by atoms with Crippen molar-refractivity contribution < 1.29 is 14.3 Å². The van der Waals surface area contributed by atoms with Crippen LogP contribution >= 0.6 is 11.8 Å². The Balaban J connectivity index is 0.000000249. The van der Waals surface area contributed by atoms with Crippen molar-refractivity contribution in [3.63, 3.8) is 0 Å². The third-order valence-electron chi connectivity index (χ3n) is 4.88. The fourth-order valence-corrected chi connectivity index (χ4v) is 4.03. The van der Waals surface area contributed by atoms with E-state index in [0.717, 1.165) is 40.5 Å². The molecule has 2 amide bonds. The predicted molar refractivity (Wildman–Crippen MR) is 113 cm³/mol. The van der Waals surface area contributed by atoms with Crippen LogP contribution in [0.25, 0.3) is 10.8 Å². The molecule has 3 aromatic carbocycles. The Morgan fingerprint density at radius 2 is 1.76 bits per heavy atom. The van der Waals surface area contributed by atoms with Crippen LogP contribution in [0.1, 0.15) is 23.1 Å². The number of hydrogen-bond acceptors (Lipinski definition) is 5. The highest BCUT2D eigenvalue weighted by atomic mass is 32.2. The summed E-state index contributed by atoms with van der Waals surface area (Å²) in [6.45, 7) is 0. The molecule has 3 aromatic rings. The molecule has 29 heavy (non-hydrogen) atoms. The van der Waals surface area contributed by atoms with Gasteiger partial charge in [-0.25, -0.2) is 0 Å². The van der Waals surface area contributed by atoms with Crippen molar-refractivity contribution in [2.45, 2.75) is 19.3 Å². The number of benzene rings is 3. The first-order valence-electron chi connectivity index (χ1n) is 9.32. The number of fused-ring (bicyclic) bond motifs is 2. The number of rotatable bonds is 2. The Hall–Kier alpha value is -3.30. The molecule has 6 heteroatoms. The molecule has 1 aliphatic carbocycles. The normalized spacial score (nSPS) is 14.6. The predicted octanol–water partition coefficient (Wildman–Crippen LogP) is 4.96. The van der Waals surface area contributed by atoms with Gasteiger partial charge in [0.25, 0.3) is 5.24 Å². The van der Waals surface area contributed by atoms with E-state index in [9.17, 15) is 14.9 Å². The second-order valence-corrected chi connectivity index (χ2v) is 7.73. The molecule has 0 aromatic heterocycles. The fraction of sp³-hybridized carbons (Fsp3) is 0.174. The molecule has 0 bridgehead atoms. The van der Waals surface area contributed by atoms with Crippen LogP contribution in [0.3, 0.4) is 0 Å². The van der Waals surface area contributed by atoms with E-state index in [1.54, 1.807) is 0 Å². The molecule has 2 aliphatic rings. The minimum Gasteiger partial charge on any atom is -0.457 e. The molecule has 0 saturated carbocycles. The minimum atomic E-state index is -0.231. The monoisotopic (exact) mass is 402 g/mol. The number of nitriles is 1. The van der Waals surface area contributed by atoms with Gasteiger partial charge < -0.3 is 4.74 Å². The summed E-state index contributed by atoms with van der Waals surface area (Å²) in [5.41, 5.74) is 3.52. The number of amides is 2. The Kier molecular flexibility index (Phi) is 5.50. The highest BCUT2D eigenvalue weighted by Gasteiger charge is 2.16. The molecule has 144 valence electrons. The van der Waals surface area contributed by atoms with Crippen LogP contribution in [0.2, 0.25) is 0 Å². The van der Waals surface area contributed by atoms with Gasteiger partial charge in [-0.05, 0) is 54.7 Å². The van der Waals surface area contributed by atoms with Gasteiger partial charge in [0, 0.05) is 10.8 Å². The summed E-state index contributed by atoms with van der Waals surface area (Å²) in [7, 11) is 0. The molecule has 1 saturated heterocycles. The van der Waals surface area contributed by atoms with Gasteiger partial charge in [0.15, 0.2) is 0 Å². The van der Waals surface area contributed by atoms with E-state index in [4.69, 9.17) is 4.74 Å². The van der Waals surface area contributed by atoms with E-state index < -0.39 is 0 Å². The third kappa shape index (κ3) is 4.25. The van der Waals surface area contributed by atoms with Crippen molar-refractivity contribution in [1.29, 1.82) is 5.26 Å². The summed E-state index contributed by atoms with van der Waals surface area (Å²) >= 11 is 1.01. The van der Waals surface area contributed by atoms with Crippen LogP contribution in [0.5, 0.6) is 11.5 Å². The molecular weight excluding hydrogens is 384 g/mol. The van der Waals surface area contributed by atoms with Crippen LogP contribution in [-0.2, 0) is 17.6 Å². The molecule has 1 aliphatic heterocycles. The maximum Gasteiger partial charge on any atom is 0.286 e. The van der Waals surface area contributed by atoms with Gasteiger partial charge in [0.1, 0.15) is 11.5 Å². The summed E-state index contributed by atoms with van der Waals surface area (Å²) in [5.74, 6) is 1.77. The van der Waals surface area contributed by atoms with Crippen LogP contribution in [0.15, 0.2) is 54.6 Å². The number of hydrogen-bond donors (Lipinski definition) is 1. The number of carbonyl (C=O) groups excluding carboxylic acids is 2. The molecule has 0 unspecified atom stereocenters. The molecule has 0 radical (unpaired) electrons. The quantitative estimate of drug-likeness (QED) is 0.655. The molecule has 0 atom stereocenters. The number of aryl methyl sites for hydroxylation is 2. The number of ether oxygens (including phenoxy) is 1. The van der Waals surface area contributed by atoms with Crippen molar-refractivity contribution in [2.24, 2.45) is 0 Å². The molecular formula is C23H18N2O3S. The number of nitrogens with zero attached hydrogens (tertiary/aromatic N) is 1. The highest BCUT2D eigenvalue weighted by Crippen LogP contribution is 2.33. The van der Waals surface area contributed by atoms with E-state index in [1.165, 1.54) is 24.0 Å². The lowest BCUT2D eigenvalue weighted by molar-refractivity contribution is -0.117. The van der Waals surface area contributed by atoms with E-state index in [1.807, 2.05) is 42.5 Å². The Morgan fingerprint density at radius 1 is 0.966 bits per heavy atom. The van der Waals surface area contributed by atoms with Gasteiger partial charge in [-0.1, -0.05) is 42.1 Å². The summed E-state index contributed by atoms with van der Waals surface area (Å²) in [6.07, 6.45) is 3.55. The van der Waals surface area contributed by atoms with Crippen LogP contribution in [-0.4, -0.2) is 16.9 Å². The standard InChI is InChI=1S/C20H15NO.C3H3NO2S/c21-13-16-9-11-20(19-7-2-1-6-18(16)19)22-17-10-8-14-4-3-5-15(14)12-17;5-2-1-7-3(6)4-2/h1-2,6-12H,3-5H2;1H2,(H,4,5,6). The molecule has 1 heterocycles. The lowest BCUT2D eigenvalue weighted by atomic mass is 10.0. The van der Waals surface area contributed by atoms with Crippen molar-refractivity contribution in [2.75, 3.05) is 5.75 Å². The van der Waals surface area contributed by atoms with Gasteiger partial charge in [-0.3, -0.25) is 14.9 Å². The van der Waals surface area contributed by atoms with Crippen molar-refractivity contribution in [1.82, 2.24) is 5.32 Å².